The molecule has 10 nitrogen and oxygen atoms in total. The maximum absolute atomic E-state index is 12.2. The largest absolute Gasteiger partial charge is 0.465 e. The van der Waals surface area contributed by atoms with E-state index in [1.54, 1.807) is 42.5 Å². The van der Waals surface area contributed by atoms with Gasteiger partial charge in [0.05, 0.1) is 24.0 Å². The number of benzene rings is 3. The molecule has 1 aromatic heterocycles. The lowest BCUT2D eigenvalue weighted by atomic mass is 10.1. The number of ether oxygens (including phenoxy) is 1. The standard InChI is InChI=1S/C25H20N6O4/c1-35-22(34)18-12-6-8-14-20(18)28-25-30-23(26-16-9-3-2-4-10-16)29-24(31-25)27-19-13-7-5-11-17(19)21(33)15-32/h2-15H,1H3,(H3,26,27,28,29,30,31). The summed E-state index contributed by atoms with van der Waals surface area (Å²) in [5, 5.41) is 9.09. The van der Waals surface area contributed by atoms with Gasteiger partial charge in [-0.1, -0.05) is 42.5 Å². The van der Waals surface area contributed by atoms with Crippen LogP contribution in [0.15, 0.2) is 78.9 Å². The molecule has 0 saturated carbocycles. The van der Waals surface area contributed by atoms with Crippen LogP contribution in [0.5, 0.6) is 0 Å². The molecule has 0 amide bonds. The molecule has 0 radical (unpaired) electrons. The third-order valence-corrected chi connectivity index (χ3v) is 4.79. The highest BCUT2D eigenvalue weighted by Crippen LogP contribution is 2.24. The summed E-state index contributed by atoms with van der Waals surface area (Å²) in [6.45, 7) is 0. The number of Topliss-reactive ketones (excluding diaryl/α,β-unsaturated/α-hetero) is 1. The number of anilines is 6. The van der Waals surface area contributed by atoms with Crippen LogP contribution in [0, 0.1) is 0 Å². The number of aldehydes is 1. The maximum atomic E-state index is 12.2. The van der Waals surface area contributed by atoms with Crippen molar-refractivity contribution in [1.82, 2.24) is 15.0 Å². The molecular weight excluding hydrogens is 448 g/mol. The Labute approximate surface area is 200 Å². The number of hydrogen-bond acceptors (Lipinski definition) is 10. The molecule has 0 aliphatic heterocycles. The molecule has 4 rings (SSSR count). The van der Waals surface area contributed by atoms with E-state index in [1.807, 2.05) is 30.3 Å². The van der Waals surface area contributed by atoms with E-state index in [2.05, 4.69) is 30.9 Å². The molecule has 0 spiro atoms. The van der Waals surface area contributed by atoms with E-state index in [4.69, 9.17) is 4.74 Å². The van der Waals surface area contributed by atoms with Gasteiger partial charge in [0.1, 0.15) is 0 Å². The first kappa shape index (κ1) is 23.1. The van der Waals surface area contributed by atoms with Crippen molar-refractivity contribution in [2.45, 2.75) is 0 Å². The number of nitrogens with zero attached hydrogens (tertiary/aromatic N) is 3. The predicted molar refractivity (Wildman–Crippen MR) is 131 cm³/mol. The highest BCUT2D eigenvalue weighted by atomic mass is 16.5. The van der Waals surface area contributed by atoms with Crippen LogP contribution in [-0.4, -0.2) is 40.1 Å². The van der Waals surface area contributed by atoms with E-state index in [9.17, 15) is 14.4 Å². The van der Waals surface area contributed by atoms with Crippen molar-refractivity contribution in [2.24, 2.45) is 0 Å². The van der Waals surface area contributed by atoms with Gasteiger partial charge < -0.3 is 20.7 Å². The fourth-order valence-corrected chi connectivity index (χ4v) is 3.19. The van der Waals surface area contributed by atoms with Gasteiger partial charge in [-0.25, -0.2) is 4.79 Å². The van der Waals surface area contributed by atoms with Crippen LogP contribution in [-0.2, 0) is 9.53 Å². The average Bonchev–Trinajstić information content (AvgIpc) is 2.89. The first-order chi connectivity index (χ1) is 17.1. The number of hydrogen-bond donors (Lipinski definition) is 3. The van der Waals surface area contributed by atoms with Gasteiger partial charge >= 0.3 is 5.97 Å². The van der Waals surface area contributed by atoms with E-state index in [-0.39, 0.29) is 29.7 Å². The highest BCUT2D eigenvalue weighted by Gasteiger charge is 2.16. The van der Waals surface area contributed by atoms with E-state index >= 15 is 0 Å². The van der Waals surface area contributed by atoms with Gasteiger partial charge in [-0.15, -0.1) is 0 Å². The smallest absolute Gasteiger partial charge is 0.339 e. The summed E-state index contributed by atoms with van der Waals surface area (Å²) >= 11 is 0. The van der Waals surface area contributed by atoms with Crippen molar-refractivity contribution in [3.8, 4) is 0 Å². The number of esters is 1. The molecule has 3 aromatic carbocycles. The zero-order chi connectivity index (χ0) is 24.6. The molecule has 35 heavy (non-hydrogen) atoms. The first-order valence-corrected chi connectivity index (χ1v) is 10.5. The van der Waals surface area contributed by atoms with Crippen molar-refractivity contribution in [3.63, 3.8) is 0 Å². The van der Waals surface area contributed by atoms with Gasteiger partial charge in [0.25, 0.3) is 0 Å². The van der Waals surface area contributed by atoms with Crippen molar-refractivity contribution in [2.75, 3.05) is 23.1 Å². The van der Waals surface area contributed by atoms with Crippen molar-refractivity contribution >= 4 is 52.9 Å². The number of nitrogens with one attached hydrogen (secondary N) is 3. The van der Waals surface area contributed by atoms with Gasteiger partial charge in [-0.3, -0.25) is 9.59 Å². The molecule has 0 bridgehead atoms. The minimum Gasteiger partial charge on any atom is -0.465 e. The van der Waals surface area contributed by atoms with Crippen LogP contribution >= 0.6 is 0 Å². The normalized spacial score (nSPS) is 10.2. The Hall–Kier alpha value is -5.12. The zero-order valence-electron chi connectivity index (χ0n) is 18.6. The Morgan fingerprint density at radius 2 is 1.17 bits per heavy atom. The summed E-state index contributed by atoms with van der Waals surface area (Å²) in [5.41, 5.74) is 1.98. The number of rotatable bonds is 9. The Bertz CT molecular complexity index is 1380. The second-order valence-corrected chi connectivity index (χ2v) is 7.11. The summed E-state index contributed by atoms with van der Waals surface area (Å²) < 4.78 is 4.85. The lowest BCUT2D eigenvalue weighted by molar-refractivity contribution is -0.104. The monoisotopic (exact) mass is 468 g/mol. The maximum Gasteiger partial charge on any atom is 0.339 e. The average molecular weight is 468 g/mol. The second kappa shape index (κ2) is 10.7. The van der Waals surface area contributed by atoms with Crippen molar-refractivity contribution in [3.05, 3.63) is 90.0 Å². The highest BCUT2D eigenvalue weighted by molar-refractivity contribution is 6.34. The third kappa shape index (κ3) is 5.63. The van der Waals surface area contributed by atoms with Crippen molar-refractivity contribution in [1.29, 1.82) is 0 Å². The summed E-state index contributed by atoms with van der Waals surface area (Å²) in [6, 6.07) is 22.5. The van der Waals surface area contributed by atoms with Gasteiger partial charge in [0.2, 0.25) is 23.6 Å². The molecule has 0 atom stereocenters. The fraction of sp³-hybridized carbons (Fsp3) is 0.0400. The zero-order valence-corrected chi connectivity index (χ0v) is 18.6. The van der Waals surface area contributed by atoms with Crippen LogP contribution < -0.4 is 16.0 Å². The first-order valence-electron chi connectivity index (χ1n) is 10.5. The Balaban J connectivity index is 1.73. The third-order valence-electron chi connectivity index (χ3n) is 4.79. The number of aromatic nitrogens is 3. The van der Waals surface area contributed by atoms with Gasteiger partial charge in [-0.05, 0) is 36.4 Å². The van der Waals surface area contributed by atoms with Crippen LogP contribution in [0.25, 0.3) is 0 Å². The van der Waals surface area contributed by atoms with Gasteiger partial charge in [0.15, 0.2) is 6.29 Å². The lowest BCUT2D eigenvalue weighted by Crippen LogP contribution is -2.11. The Kier molecular flexibility index (Phi) is 7.02. The fourth-order valence-electron chi connectivity index (χ4n) is 3.19. The van der Waals surface area contributed by atoms with E-state index in [0.717, 1.165) is 5.69 Å². The molecule has 0 fully saturated rings. The van der Waals surface area contributed by atoms with Crippen LogP contribution in [0.2, 0.25) is 0 Å². The number of carbonyl (C=O) groups is 3. The molecule has 3 N–H and O–H groups in total. The lowest BCUT2D eigenvalue weighted by Gasteiger charge is -2.14. The van der Waals surface area contributed by atoms with Crippen LogP contribution in [0.3, 0.4) is 0 Å². The van der Waals surface area contributed by atoms with E-state index in [0.29, 0.717) is 16.9 Å². The summed E-state index contributed by atoms with van der Waals surface area (Å²) in [6.07, 6.45) is 0.243. The Morgan fingerprint density at radius 1 is 0.686 bits per heavy atom. The molecule has 0 aliphatic rings. The summed E-state index contributed by atoms with van der Waals surface area (Å²) in [7, 11) is 1.30. The summed E-state index contributed by atoms with van der Waals surface area (Å²) in [4.78, 5) is 48.4. The minimum atomic E-state index is -0.685. The SMILES string of the molecule is COC(=O)c1ccccc1Nc1nc(Nc2ccccc2)nc(Nc2ccccc2C(=O)C=O)n1. The van der Waals surface area contributed by atoms with E-state index < -0.39 is 11.8 Å². The van der Waals surface area contributed by atoms with Crippen LogP contribution in [0.4, 0.5) is 34.9 Å². The van der Waals surface area contributed by atoms with Gasteiger partial charge in [0, 0.05) is 11.3 Å². The quantitative estimate of drug-likeness (QED) is 0.141. The number of para-hydroxylation sites is 3. The number of ketones is 1. The molecule has 174 valence electrons. The minimum absolute atomic E-state index is 0.0997. The summed E-state index contributed by atoms with van der Waals surface area (Å²) in [5.74, 6) is -0.787. The Morgan fingerprint density at radius 3 is 1.74 bits per heavy atom. The topological polar surface area (TPSA) is 135 Å². The number of carbonyl (C=O) groups excluding carboxylic acids is 3. The van der Waals surface area contributed by atoms with Crippen molar-refractivity contribution < 1.29 is 19.1 Å². The molecule has 0 saturated heterocycles. The molecule has 0 aliphatic carbocycles. The molecule has 4 aromatic rings. The molecular formula is C25H20N6O4. The molecule has 1 heterocycles. The molecule has 10 heteroatoms. The van der Waals surface area contributed by atoms with Gasteiger partial charge in [-0.2, -0.15) is 15.0 Å². The predicted octanol–water partition coefficient (Wildman–Crippen LogP) is 4.27. The number of methoxy groups -OCH3 is 1. The van der Waals surface area contributed by atoms with Crippen LogP contribution in [0.1, 0.15) is 20.7 Å². The second-order valence-electron chi connectivity index (χ2n) is 7.11. The molecule has 0 unspecified atom stereocenters. The van der Waals surface area contributed by atoms with E-state index in [1.165, 1.54) is 13.2 Å².